The third-order valence-corrected chi connectivity index (χ3v) is 5.42. The fourth-order valence-electron chi connectivity index (χ4n) is 2.81. The molecule has 0 saturated carbocycles. The van der Waals surface area contributed by atoms with Gasteiger partial charge in [0.2, 0.25) is 10.0 Å². The van der Waals surface area contributed by atoms with E-state index in [4.69, 9.17) is 0 Å². The van der Waals surface area contributed by atoms with Crippen molar-refractivity contribution in [1.29, 1.82) is 0 Å². The molecule has 4 nitrogen and oxygen atoms in total. The van der Waals surface area contributed by atoms with Crippen LogP contribution >= 0.6 is 0 Å². The molecule has 3 rings (SSSR count). The zero-order chi connectivity index (χ0) is 16.4. The molecule has 3 aromatic rings. The summed E-state index contributed by atoms with van der Waals surface area (Å²) in [7, 11) is -1.45. The fourth-order valence-corrected chi connectivity index (χ4v) is 3.95. The van der Waals surface area contributed by atoms with E-state index in [1.807, 2.05) is 32.2 Å². The number of hydrogen-bond donors (Lipinski definition) is 1. The minimum absolute atomic E-state index is 0.315. The van der Waals surface area contributed by atoms with Crippen LogP contribution in [0.4, 0.5) is 0 Å². The van der Waals surface area contributed by atoms with Crippen molar-refractivity contribution in [1.82, 2.24) is 9.29 Å². The van der Waals surface area contributed by atoms with Crippen molar-refractivity contribution in [2.24, 2.45) is 7.05 Å². The molecule has 0 aliphatic rings. The summed E-state index contributed by atoms with van der Waals surface area (Å²) in [6.07, 6.45) is 2.72. The highest BCUT2D eigenvalue weighted by Crippen LogP contribution is 2.20. The van der Waals surface area contributed by atoms with Crippen LogP contribution in [0.1, 0.15) is 11.1 Å². The SMILES string of the molecule is Cc1cccc(S(=O)(=O)NCCc2cn(C)c3ccccc23)c1. The number of benzene rings is 2. The van der Waals surface area contributed by atoms with E-state index in [1.54, 1.807) is 18.2 Å². The Labute approximate surface area is 136 Å². The minimum Gasteiger partial charge on any atom is -0.350 e. The Morgan fingerprint density at radius 3 is 2.65 bits per heavy atom. The van der Waals surface area contributed by atoms with Crippen molar-refractivity contribution in [2.75, 3.05) is 6.54 Å². The van der Waals surface area contributed by atoms with Crippen LogP contribution in [0.5, 0.6) is 0 Å². The predicted octanol–water partition coefficient (Wildman–Crippen LogP) is 3.01. The lowest BCUT2D eigenvalue weighted by Crippen LogP contribution is -2.26. The number of fused-ring (bicyclic) bond motifs is 1. The van der Waals surface area contributed by atoms with Gasteiger partial charge in [0.05, 0.1) is 4.90 Å². The Hall–Kier alpha value is -2.11. The molecule has 1 aromatic heterocycles. The van der Waals surface area contributed by atoms with Crippen LogP contribution < -0.4 is 4.72 Å². The van der Waals surface area contributed by atoms with Crippen molar-refractivity contribution < 1.29 is 8.42 Å². The van der Waals surface area contributed by atoms with Gasteiger partial charge >= 0.3 is 0 Å². The molecule has 0 fully saturated rings. The van der Waals surface area contributed by atoms with Crippen LogP contribution in [0.15, 0.2) is 59.6 Å². The smallest absolute Gasteiger partial charge is 0.240 e. The lowest BCUT2D eigenvalue weighted by atomic mass is 10.1. The van der Waals surface area contributed by atoms with E-state index in [0.717, 1.165) is 16.6 Å². The van der Waals surface area contributed by atoms with Gasteiger partial charge in [-0.15, -0.1) is 0 Å². The van der Waals surface area contributed by atoms with E-state index in [2.05, 4.69) is 27.6 Å². The fraction of sp³-hybridized carbons (Fsp3) is 0.222. The third kappa shape index (κ3) is 3.30. The highest BCUT2D eigenvalue weighted by Gasteiger charge is 2.14. The first-order chi connectivity index (χ1) is 11.0. The molecule has 0 amide bonds. The normalized spacial score (nSPS) is 11.9. The zero-order valence-corrected chi connectivity index (χ0v) is 14.1. The number of sulfonamides is 1. The number of hydrogen-bond acceptors (Lipinski definition) is 2. The molecule has 0 bridgehead atoms. The number of aryl methyl sites for hydroxylation is 2. The molecular weight excluding hydrogens is 308 g/mol. The van der Waals surface area contributed by atoms with Crippen LogP contribution in [-0.2, 0) is 23.5 Å². The van der Waals surface area contributed by atoms with E-state index in [0.29, 0.717) is 17.9 Å². The third-order valence-electron chi connectivity index (χ3n) is 3.97. The van der Waals surface area contributed by atoms with Gasteiger partial charge in [-0.3, -0.25) is 0 Å². The molecule has 23 heavy (non-hydrogen) atoms. The van der Waals surface area contributed by atoms with Crippen molar-refractivity contribution in [3.8, 4) is 0 Å². The summed E-state index contributed by atoms with van der Waals surface area (Å²) in [5.41, 5.74) is 3.24. The number of rotatable bonds is 5. The van der Waals surface area contributed by atoms with Gasteiger partial charge in [0.15, 0.2) is 0 Å². The summed E-state index contributed by atoms with van der Waals surface area (Å²) >= 11 is 0. The van der Waals surface area contributed by atoms with Gasteiger partial charge in [-0.1, -0.05) is 30.3 Å². The standard InChI is InChI=1S/C18H20N2O2S/c1-14-6-5-7-16(12-14)23(21,22)19-11-10-15-13-20(2)18-9-4-3-8-17(15)18/h3-9,12-13,19H,10-11H2,1-2H3. The quantitative estimate of drug-likeness (QED) is 0.783. The van der Waals surface area contributed by atoms with Crippen LogP contribution in [0.25, 0.3) is 10.9 Å². The summed E-state index contributed by atoms with van der Waals surface area (Å²) < 4.78 is 29.4. The summed E-state index contributed by atoms with van der Waals surface area (Å²) in [4.78, 5) is 0.315. The van der Waals surface area contributed by atoms with Gasteiger partial charge in [-0.25, -0.2) is 13.1 Å². The van der Waals surface area contributed by atoms with Crippen molar-refractivity contribution >= 4 is 20.9 Å². The first-order valence-corrected chi connectivity index (χ1v) is 9.05. The predicted molar refractivity (Wildman–Crippen MR) is 93.0 cm³/mol. The Balaban J connectivity index is 1.74. The molecule has 0 radical (unpaired) electrons. The number of para-hydroxylation sites is 1. The Kier molecular flexibility index (Phi) is 4.24. The average molecular weight is 328 g/mol. The maximum absolute atomic E-state index is 12.3. The van der Waals surface area contributed by atoms with Gasteiger partial charge in [-0.05, 0) is 42.7 Å². The van der Waals surface area contributed by atoms with Gasteiger partial charge in [0.25, 0.3) is 0 Å². The van der Waals surface area contributed by atoms with Crippen molar-refractivity contribution in [3.63, 3.8) is 0 Å². The second kappa shape index (κ2) is 6.18. The molecule has 120 valence electrons. The van der Waals surface area contributed by atoms with E-state index in [9.17, 15) is 8.42 Å². The highest BCUT2D eigenvalue weighted by atomic mass is 32.2. The van der Waals surface area contributed by atoms with E-state index in [1.165, 1.54) is 5.39 Å². The van der Waals surface area contributed by atoms with Gasteiger partial charge in [-0.2, -0.15) is 0 Å². The van der Waals surface area contributed by atoms with Gasteiger partial charge < -0.3 is 4.57 Å². The summed E-state index contributed by atoms with van der Waals surface area (Å²) in [6.45, 7) is 2.26. The van der Waals surface area contributed by atoms with Crippen LogP contribution in [0.2, 0.25) is 0 Å². The maximum atomic E-state index is 12.3. The second-order valence-electron chi connectivity index (χ2n) is 5.75. The van der Waals surface area contributed by atoms with Crippen LogP contribution in [-0.4, -0.2) is 19.5 Å². The number of aromatic nitrogens is 1. The molecule has 0 spiro atoms. The molecule has 0 atom stereocenters. The summed E-state index contributed by atoms with van der Waals surface area (Å²) in [5.74, 6) is 0. The number of nitrogens with zero attached hydrogens (tertiary/aromatic N) is 1. The molecular formula is C18H20N2O2S. The zero-order valence-electron chi connectivity index (χ0n) is 13.3. The minimum atomic E-state index is -3.46. The topological polar surface area (TPSA) is 51.1 Å². The molecule has 0 saturated heterocycles. The highest BCUT2D eigenvalue weighted by molar-refractivity contribution is 7.89. The van der Waals surface area contributed by atoms with E-state index >= 15 is 0 Å². The van der Waals surface area contributed by atoms with Crippen LogP contribution in [0.3, 0.4) is 0 Å². The second-order valence-corrected chi connectivity index (χ2v) is 7.51. The molecule has 1 heterocycles. The largest absolute Gasteiger partial charge is 0.350 e. The summed E-state index contributed by atoms with van der Waals surface area (Å²) in [6, 6.07) is 15.1. The van der Waals surface area contributed by atoms with Crippen molar-refractivity contribution in [2.45, 2.75) is 18.2 Å². The monoisotopic (exact) mass is 328 g/mol. The molecule has 2 aromatic carbocycles. The average Bonchev–Trinajstić information content (AvgIpc) is 2.84. The van der Waals surface area contributed by atoms with Gasteiger partial charge in [0, 0.05) is 30.7 Å². The first kappa shape index (κ1) is 15.8. The summed E-state index contributed by atoms with van der Waals surface area (Å²) in [5, 5.41) is 1.17. The molecule has 5 heteroatoms. The molecule has 1 N–H and O–H groups in total. The Bertz CT molecular complexity index is 943. The Morgan fingerprint density at radius 2 is 1.87 bits per heavy atom. The maximum Gasteiger partial charge on any atom is 0.240 e. The van der Waals surface area contributed by atoms with Crippen LogP contribution in [0, 0.1) is 6.92 Å². The van der Waals surface area contributed by atoms with E-state index < -0.39 is 10.0 Å². The number of nitrogens with one attached hydrogen (secondary N) is 1. The van der Waals surface area contributed by atoms with E-state index in [-0.39, 0.29) is 0 Å². The van der Waals surface area contributed by atoms with Crippen molar-refractivity contribution in [3.05, 3.63) is 65.9 Å². The lowest BCUT2D eigenvalue weighted by molar-refractivity contribution is 0.581. The van der Waals surface area contributed by atoms with Gasteiger partial charge in [0.1, 0.15) is 0 Å². The molecule has 0 aliphatic carbocycles. The first-order valence-electron chi connectivity index (χ1n) is 7.57. The molecule has 0 unspecified atom stereocenters. The lowest BCUT2D eigenvalue weighted by Gasteiger charge is -2.07. The molecule has 0 aliphatic heterocycles. The Morgan fingerprint density at radius 1 is 1.09 bits per heavy atom.